The van der Waals surface area contributed by atoms with Crippen LogP contribution in [0, 0.1) is 0 Å². The van der Waals surface area contributed by atoms with Crippen LogP contribution in [-0.4, -0.2) is 38.7 Å². The first kappa shape index (κ1) is 26.9. The Balaban J connectivity index is 1.57. The number of aryl methyl sites for hydroxylation is 1. The molecule has 3 aromatic rings. The van der Waals surface area contributed by atoms with Crippen LogP contribution in [-0.2, 0) is 33.8 Å². The minimum absolute atomic E-state index is 0.0233. The molecule has 1 aliphatic rings. The van der Waals surface area contributed by atoms with Gasteiger partial charge in [-0.05, 0) is 79.0 Å². The van der Waals surface area contributed by atoms with Crippen molar-refractivity contribution in [2.24, 2.45) is 0 Å². The van der Waals surface area contributed by atoms with Gasteiger partial charge >= 0.3 is 6.18 Å². The lowest BCUT2D eigenvalue weighted by molar-refractivity contribution is -0.137. The van der Waals surface area contributed by atoms with Crippen molar-refractivity contribution in [3.05, 3.63) is 77.2 Å². The molecule has 0 bridgehead atoms. The van der Waals surface area contributed by atoms with E-state index in [2.05, 4.69) is 14.7 Å². The second-order valence-corrected chi connectivity index (χ2v) is 10.6. The maximum absolute atomic E-state index is 13.4. The van der Waals surface area contributed by atoms with Crippen LogP contribution in [0.4, 0.5) is 19.0 Å². The van der Waals surface area contributed by atoms with Gasteiger partial charge in [0.25, 0.3) is 10.0 Å². The number of hydrogen-bond donors (Lipinski definition) is 1. The molecule has 0 saturated carbocycles. The van der Waals surface area contributed by atoms with Gasteiger partial charge in [-0.1, -0.05) is 12.1 Å². The predicted octanol–water partition coefficient (Wildman–Crippen LogP) is 5.37. The van der Waals surface area contributed by atoms with E-state index in [0.717, 1.165) is 23.6 Å². The number of rotatable bonds is 10. The zero-order valence-corrected chi connectivity index (χ0v) is 21.1. The van der Waals surface area contributed by atoms with Crippen LogP contribution in [0.3, 0.4) is 0 Å². The van der Waals surface area contributed by atoms with Gasteiger partial charge in [-0.25, -0.2) is 18.4 Å². The van der Waals surface area contributed by atoms with Gasteiger partial charge in [-0.2, -0.15) is 13.2 Å². The first-order chi connectivity index (χ1) is 17.7. The summed E-state index contributed by atoms with van der Waals surface area (Å²) in [5.74, 6) is 0.576. The Morgan fingerprint density at radius 3 is 2.68 bits per heavy atom. The highest BCUT2D eigenvalue weighted by Gasteiger charge is 2.31. The molecule has 0 amide bonds. The van der Waals surface area contributed by atoms with Gasteiger partial charge in [0.15, 0.2) is 0 Å². The van der Waals surface area contributed by atoms with E-state index in [4.69, 9.17) is 9.47 Å². The van der Waals surface area contributed by atoms with Crippen LogP contribution in [0.1, 0.15) is 47.4 Å². The highest BCUT2D eigenvalue weighted by molar-refractivity contribution is 7.92. The molecule has 7 nitrogen and oxygen atoms in total. The minimum atomic E-state index is -4.41. The number of halogens is 3. The summed E-state index contributed by atoms with van der Waals surface area (Å²) in [5.41, 5.74) is 1.70. The third-order valence-electron chi connectivity index (χ3n) is 6.32. The Labute approximate surface area is 214 Å². The Morgan fingerprint density at radius 1 is 1.11 bits per heavy atom. The number of ether oxygens (including phenoxy) is 2. The van der Waals surface area contributed by atoms with E-state index in [9.17, 15) is 21.6 Å². The molecule has 1 aliphatic heterocycles. The number of nitrogens with zero attached hydrogens (tertiary/aromatic N) is 2. The second-order valence-electron chi connectivity index (χ2n) is 8.87. The normalized spacial score (nSPS) is 15.6. The molecule has 4 rings (SSSR count). The second kappa shape index (κ2) is 11.5. The van der Waals surface area contributed by atoms with E-state index in [1.807, 2.05) is 0 Å². The molecule has 0 spiro atoms. The Morgan fingerprint density at radius 2 is 1.95 bits per heavy atom. The van der Waals surface area contributed by atoms with Crippen molar-refractivity contribution in [3.8, 4) is 5.75 Å². The molecule has 0 fully saturated rings. The molecule has 1 atom stereocenters. The van der Waals surface area contributed by atoms with Crippen molar-refractivity contribution in [2.45, 2.75) is 49.1 Å². The molecular weight excluding hydrogens is 507 g/mol. The summed E-state index contributed by atoms with van der Waals surface area (Å²) in [6.45, 7) is 0.934. The quantitative estimate of drug-likeness (QED) is 0.351. The molecule has 2 aromatic carbocycles. The summed E-state index contributed by atoms with van der Waals surface area (Å²) < 4.78 is 79.1. The summed E-state index contributed by atoms with van der Waals surface area (Å²) in [7, 11) is -2.30. The summed E-state index contributed by atoms with van der Waals surface area (Å²) in [6, 6.07) is 10.1. The van der Waals surface area contributed by atoms with Crippen molar-refractivity contribution >= 4 is 15.8 Å². The van der Waals surface area contributed by atoms with Gasteiger partial charge in [-0.3, -0.25) is 4.72 Å². The van der Waals surface area contributed by atoms with Gasteiger partial charge < -0.3 is 9.47 Å². The Kier molecular flexibility index (Phi) is 8.33. The maximum atomic E-state index is 13.4. The monoisotopic (exact) mass is 535 g/mol. The minimum Gasteiger partial charge on any atom is -0.493 e. The number of fused-ring (bicyclic) bond motifs is 1. The summed E-state index contributed by atoms with van der Waals surface area (Å²) in [4.78, 5) is 7.68. The molecule has 1 unspecified atom stereocenters. The molecule has 2 heterocycles. The van der Waals surface area contributed by atoms with Crippen molar-refractivity contribution in [1.82, 2.24) is 9.97 Å². The van der Waals surface area contributed by atoms with Gasteiger partial charge in [0.2, 0.25) is 0 Å². The first-order valence-corrected chi connectivity index (χ1v) is 13.4. The number of nitrogens with one attached hydrogen (secondary N) is 1. The third-order valence-corrected chi connectivity index (χ3v) is 7.68. The van der Waals surface area contributed by atoms with Crippen LogP contribution in [0.25, 0.3) is 0 Å². The molecule has 1 N–H and O–H groups in total. The van der Waals surface area contributed by atoms with Gasteiger partial charge in [0.05, 0.1) is 17.1 Å². The zero-order valence-electron chi connectivity index (χ0n) is 20.3. The van der Waals surface area contributed by atoms with E-state index in [1.54, 1.807) is 19.2 Å². The number of alkyl halides is 3. The van der Waals surface area contributed by atoms with E-state index in [1.165, 1.54) is 36.8 Å². The standard InChI is InChI=1S/C26H28F3N3O4S/c1-35-12-3-2-4-18-15-21(26(27,28)29)6-5-19(18)14-20-10-13-36-24-16-22(7-8-23(20)24)37(33,34)32-25-9-11-30-17-31-25/h5-9,11,15-17,20H,2-4,10,12-14H2,1H3,(H,30,31,32). The molecule has 0 radical (unpaired) electrons. The SMILES string of the molecule is COCCCCc1cc(C(F)(F)F)ccc1CC1CCOc2cc(S(=O)(=O)Nc3ccncn3)ccc21. The van der Waals surface area contributed by atoms with Gasteiger partial charge in [-0.15, -0.1) is 0 Å². The smallest absolute Gasteiger partial charge is 0.416 e. The Bertz CT molecular complexity index is 1320. The van der Waals surface area contributed by atoms with Crippen LogP contribution < -0.4 is 9.46 Å². The van der Waals surface area contributed by atoms with E-state index in [-0.39, 0.29) is 16.6 Å². The van der Waals surface area contributed by atoms with Crippen LogP contribution in [0.15, 0.2) is 59.9 Å². The molecule has 37 heavy (non-hydrogen) atoms. The lowest BCUT2D eigenvalue weighted by Gasteiger charge is -2.27. The Hall–Kier alpha value is -3.18. The fraction of sp³-hybridized carbons (Fsp3) is 0.385. The zero-order chi connectivity index (χ0) is 26.5. The van der Waals surface area contributed by atoms with Crippen LogP contribution in [0.2, 0.25) is 0 Å². The lowest BCUT2D eigenvalue weighted by atomic mass is 9.85. The number of hydrogen-bond acceptors (Lipinski definition) is 6. The number of methoxy groups -OCH3 is 1. The van der Waals surface area contributed by atoms with Gasteiger partial charge in [0.1, 0.15) is 17.9 Å². The number of aromatic nitrogens is 2. The first-order valence-electron chi connectivity index (χ1n) is 11.9. The summed E-state index contributed by atoms with van der Waals surface area (Å²) in [5, 5.41) is 0. The van der Waals surface area contributed by atoms with Crippen LogP contribution in [0.5, 0.6) is 5.75 Å². The van der Waals surface area contributed by atoms with Crippen molar-refractivity contribution in [1.29, 1.82) is 0 Å². The number of benzene rings is 2. The average molecular weight is 536 g/mol. The van der Waals surface area contributed by atoms with E-state index < -0.39 is 21.8 Å². The number of unbranched alkanes of at least 4 members (excludes halogenated alkanes) is 1. The van der Waals surface area contributed by atoms with E-state index in [0.29, 0.717) is 50.2 Å². The lowest BCUT2D eigenvalue weighted by Crippen LogP contribution is -2.19. The molecule has 0 saturated heterocycles. The number of sulfonamides is 1. The van der Waals surface area contributed by atoms with Crippen molar-refractivity contribution in [2.75, 3.05) is 25.0 Å². The third kappa shape index (κ3) is 6.78. The molecular formula is C26H28F3N3O4S. The molecule has 1 aromatic heterocycles. The molecule has 11 heteroatoms. The topological polar surface area (TPSA) is 90.4 Å². The highest BCUT2D eigenvalue weighted by Crippen LogP contribution is 2.39. The van der Waals surface area contributed by atoms with Crippen molar-refractivity contribution < 1.29 is 31.1 Å². The fourth-order valence-corrected chi connectivity index (χ4v) is 5.46. The van der Waals surface area contributed by atoms with Gasteiger partial charge in [0, 0.05) is 26.0 Å². The fourth-order valence-electron chi connectivity index (χ4n) is 4.43. The van der Waals surface area contributed by atoms with Crippen LogP contribution >= 0.6 is 0 Å². The molecule has 198 valence electrons. The largest absolute Gasteiger partial charge is 0.493 e. The number of anilines is 1. The highest BCUT2D eigenvalue weighted by atomic mass is 32.2. The summed E-state index contributed by atoms with van der Waals surface area (Å²) in [6.07, 6.45) is 1.45. The average Bonchev–Trinajstić information content (AvgIpc) is 2.87. The van der Waals surface area contributed by atoms with Crippen molar-refractivity contribution in [3.63, 3.8) is 0 Å². The predicted molar refractivity (Wildman–Crippen MR) is 132 cm³/mol. The maximum Gasteiger partial charge on any atom is 0.416 e. The van der Waals surface area contributed by atoms with E-state index >= 15 is 0 Å². The summed E-state index contributed by atoms with van der Waals surface area (Å²) >= 11 is 0. The molecule has 0 aliphatic carbocycles.